The van der Waals surface area contributed by atoms with Crippen LogP contribution in [-0.2, 0) is 19.6 Å². The summed E-state index contributed by atoms with van der Waals surface area (Å²) in [4.78, 5) is 35.3. The fourth-order valence-corrected chi connectivity index (χ4v) is 4.16. The molecule has 1 heterocycles. The van der Waals surface area contributed by atoms with Crippen LogP contribution in [0.2, 0.25) is 0 Å². The molecule has 10 heteroatoms. The molecule has 26 heavy (non-hydrogen) atoms. The Morgan fingerprint density at radius 2 is 1.69 bits per heavy atom. The summed E-state index contributed by atoms with van der Waals surface area (Å²) in [6.07, 6.45) is 3.30. The first-order chi connectivity index (χ1) is 12.4. The van der Waals surface area contributed by atoms with E-state index in [1.54, 1.807) is 0 Å². The fraction of sp³-hybridized carbons (Fsp3) is 0.438. The molecule has 1 aromatic carbocycles. The number of hydrogen-bond donors (Lipinski definition) is 3. The van der Waals surface area contributed by atoms with Crippen LogP contribution < -0.4 is 16.2 Å². The molecule has 0 radical (unpaired) electrons. The van der Waals surface area contributed by atoms with Crippen LogP contribution in [0.1, 0.15) is 36.0 Å². The summed E-state index contributed by atoms with van der Waals surface area (Å²) in [6, 6.07) is 5.58. The Hall–Kier alpha value is -2.46. The minimum absolute atomic E-state index is 0.0184. The Kier molecular flexibility index (Phi) is 5.23. The third kappa shape index (κ3) is 4.20. The molecule has 1 aliphatic carbocycles. The maximum atomic E-state index is 12.5. The molecule has 3 N–H and O–H groups in total. The summed E-state index contributed by atoms with van der Waals surface area (Å²) in [5.41, 5.74) is 4.19. The number of nitrogens with one attached hydrogen (secondary N) is 3. The first-order valence-electron chi connectivity index (χ1n) is 8.39. The molecule has 1 aromatic rings. The molecular formula is C16H20N4O5S. The van der Waals surface area contributed by atoms with Gasteiger partial charge in [-0.15, -0.1) is 0 Å². The van der Waals surface area contributed by atoms with Crippen LogP contribution in [0.4, 0.5) is 0 Å². The quantitative estimate of drug-likeness (QED) is 0.480. The van der Waals surface area contributed by atoms with Gasteiger partial charge in [0, 0.05) is 24.7 Å². The average Bonchev–Trinajstić information content (AvgIpc) is 3.26. The van der Waals surface area contributed by atoms with E-state index in [-0.39, 0.29) is 16.5 Å². The molecule has 0 aromatic heterocycles. The Balaban J connectivity index is 1.62. The molecule has 3 rings (SSSR count). The van der Waals surface area contributed by atoms with Crippen molar-refractivity contribution in [1.82, 2.24) is 20.5 Å². The summed E-state index contributed by atoms with van der Waals surface area (Å²) in [5.74, 6) is -2.51. The highest BCUT2D eigenvalue weighted by Crippen LogP contribution is 2.21. The topological polar surface area (TPSA) is 125 Å². The van der Waals surface area contributed by atoms with Crippen molar-refractivity contribution >= 4 is 27.7 Å². The van der Waals surface area contributed by atoms with Crippen molar-refractivity contribution in [1.29, 1.82) is 0 Å². The van der Waals surface area contributed by atoms with Crippen LogP contribution in [0.5, 0.6) is 0 Å². The lowest BCUT2D eigenvalue weighted by atomic mass is 10.2. The molecule has 0 unspecified atom stereocenters. The lowest BCUT2D eigenvalue weighted by Crippen LogP contribution is -2.49. The SMILES string of the molecule is O=C(NNC(=O)c1cccc(S(=O)(=O)N2CCCC2)c1)C(=O)NC1CC1. The minimum atomic E-state index is -3.64. The number of carbonyl (C=O) groups excluding carboxylic acids is 3. The van der Waals surface area contributed by atoms with Crippen LogP contribution >= 0.6 is 0 Å². The van der Waals surface area contributed by atoms with Crippen LogP contribution in [0.3, 0.4) is 0 Å². The third-order valence-corrected chi connectivity index (χ3v) is 6.10. The molecule has 0 bridgehead atoms. The Bertz CT molecular complexity index is 829. The standard InChI is InChI=1S/C16H20N4O5S/c21-14(18-19-16(23)15(22)17-12-6-7-12)11-4-3-5-13(10-11)26(24,25)20-8-1-2-9-20/h3-5,10,12H,1-2,6-9H2,(H,17,22)(H,18,21)(H,19,23). The summed E-state index contributed by atoms with van der Waals surface area (Å²) in [5, 5.41) is 2.49. The molecule has 0 spiro atoms. The molecular weight excluding hydrogens is 360 g/mol. The second kappa shape index (κ2) is 7.42. The smallest absolute Gasteiger partial charge is 0.327 e. The van der Waals surface area contributed by atoms with E-state index in [0.29, 0.717) is 13.1 Å². The van der Waals surface area contributed by atoms with Crippen molar-refractivity contribution in [3.05, 3.63) is 29.8 Å². The monoisotopic (exact) mass is 380 g/mol. The number of hydrogen-bond acceptors (Lipinski definition) is 5. The van der Waals surface area contributed by atoms with Gasteiger partial charge in [0.1, 0.15) is 0 Å². The van der Waals surface area contributed by atoms with Gasteiger partial charge in [-0.25, -0.2) is 8.42 Å². The Morgan fingerprint density at radius 1 is 1.00 bits per heavy atom. The summed E-state index contributed by atoms with van der Waals surface area (Å²) >= 11 is 0. The predicted molar refractivity (Wildman–Crippen MR) is 91.2 cm³/mol. The van der Waals surface area contributed by atoms with E-state index in [1.807, 2.05) is 5.43 Å². The highest BCUT2D eigenvalue weighted by molar-refractivity contribution is 7.89. The van der Waals surface area contributed by atoms with Crippen molar-refractivity contribution in [3.63, 3.8) is 0 Å². The average molecular weight is 380 g/mol. The molecule has 0 atom stereocenters. The lowest BCUT2D eigenvalue weighted by Gasteiger charge is -2.16. The largest absolute Gasteiger partial charge is 0.345 e. The van der Waals surface area contributed by atoms with Gasteiger partial charge in [-0.3, -0.25) is 25.2 Å². The molecule has 9 nitrogen and oxygen atoms in total. The number of benzene rings is 1. The number of rotatable bonds is 4. The van der Waals surface area contributed by atoms with Gasteiger partial charge in [-0.2, -0.15) is 4.31 Å². The van der Waals surface area contributed by atoms with Crippen molar-refractivity contribution in [2.75, 3.05) is 13.1 Å². The van der Waals surface area contributed by atoms with E-state index in [4.69, 9.17) is 0 Å². The molecule has 1 saturated carbocycles. The van der Waals surface area contributed by atoms with Gasteiger partial charge in [0.25, 0.3) is 5.91 Å². The number of sulfonamides is 1. The van der Waals surface area contributed by atoms with Crippen molar-refractivity contribution in [3.8, 4) is 0 Å². The lowest BCUT2D eigenvalue weighted by molar-refractivity contribution is -0.139. The summed E-state index contributed by atoms with van der Waals surface area (Å²) in [7, 11) is -3.64. The van der Waals surface area contributed by atoms with E-state index in [2.05, 4.69) is 10.7 Å². The van der Waals surface area contributed by atoms with Crippen molar-refractivity contribution < 1.29 is 22.8 Å². The Morgan fingerprint density at radius 3 is 2.35 bits per heavy atom. The molecule has 2 fully saturated rings. The first kappa shape index (κ1) is 18.3. The van der Waals surface area contributed by atoms with E-state index < -0.39 is 27.7 Å². The third-order valence-electron chi connectivity index (χ3n) is 4.21. The molecule has 3 amide bonds. The van der Waals surface area contributed by atoms with E-state index in [9.17, 15) is 22.8 Å². The van der Waals surface area contributed by atoms with Gasteiger partial charge in [-0.1, -0.05) is 6.07 Å². The number of hydrazine groups is 1. The zero-order valence-corrected chi connectivity index (χ0v) is 14.8. The number of carbonyl (C=O) groups is 3. The van der Waals surface area contributed by atoms with Crippen molar-refractivity contribution in [2.45, 2.75) is 36.6 Å². The predicted octanol–water partition coefficient (Wildman–Crippen LogP) is -0.489. The molecule has 1 saturated heterocycles. The van der Waals surface area contributed by atoms with Gasteiger partial charge in [0.2, 0.25) is 10.0 Å². The normalized spacial score (nSPS) is 17.5. The summed E-state index contributed by atoms with van der Waals surface area (Å²) < 4.78 is 26.5. The summed E-state index contributed by atoms with van der Waals surface area (Å²) in [6.45, 7) is 0.926. The maximum absolute atomic E-state index is 12.5. The van der Waals surface area contributed by atoms with Gasteiger partial charge in [0.05, 0.1) is 4.90 Å². The van der Waals surface area contributed by atoms with Gasteiger partial charge in [0.15, 0.2) is 0 Å². The van der Waals surface area contributed by atoms with Gasteiger partial charge in [-0.05, 0) is 43.9 Å². The maximum Gasteiger partial charge on any atom is 0.327 e. The van der Waals surface area contributed by atoms with Gasteiger partial charge >= 0.3 is 11.8 Å². The van der Waals surface area contributed by atoms with Crippen molar-refractivity contribution in [2.24, 2.45) is 0 Å². The van der Waals surface area contributed by atoms with Crippen LogP contribution in [0, 0.1) is 0 Å². The van der Waals surface area contributed by atoms with E-state index >= 15 is 0 Å². The van der Waals surface area contributed by atoms with Gasteiger partial charge < -0.3 is 5.32 Å². The highest BCUT2D eigenvalue weighted by Gasteiger charge is 2.28. The van der Waals surface area contributed by atoms with E-state index in [0.717, 1.165) is 25.7 Å². The van der Waals surface area contributed by atoms with Crippen LogP contribution in [0.15, 0.2) is 29.2 Å². The molecule has 1 aliphatic heterocycles. The fourth-order valence-electron chi connectivity index (χ4n) is 2.60. The zero-order valence-electron chi connectivity index (χ0n) is 14.0. The molecule has 140 valence electrons. The Labute approximate surface area is 151 Å². The second-order valence-electron chi connectivity index (χ2n) is 6.30. The number of amides is 3. The second-order valence-corrected chi connectivity index (χ2v) is 8.23. The van der Waals surface area contributed by atoms with Crippen LogP contribution in [-0.4, -0.2) is 49.6 Å². The van der Waals surface area contributed by atoms with Crippen LogP contribution in [0.25, 0.3) is 0 Å². The number of nitrogens with zero attached hydrogens (tertiary/aromatic N) is 1. The zero-order chi connectivity index (χ0) is 18.7. The first-order valence-corrected chi connectivity index (χ1v) is 9.83. The minimum Gasteiger partial charge on any atom is -0.345 e. The highest BCUT2D eigenvalue weighted by atomic mass is 32.2. The van der Waals surface area contributed by atoms with E-state index in [1.165, 1.54) is 28.6 Å². The molecule has 2 aliphatic rings.